The van der Waals surface area contributed by atoms with Crippen LogP contribution in [-0.4, -0.2) is 0 Å². The summed E-state index contributed by atoms with van der Waals surface area (Å²) >= 11 is 0. The molecule has 0 atom stereocenters. The maximum absolute atomic E-state index is 9.60. The van der Waals surface area contributed by atoms with Gasteiger partial charge in [0.15, 0.2) is 0 Å². The fourth-order valence-electron chi connectivity index (χ4n) is 6.98. The average Bonchev–Trinajstić information content (AvgIpc) is 3.66. The molecule has 0 aliphatic heterocycles. The summed E-state index contributed by atoms with van der Waals surface area (Å²) in [5.74, 6) is 0. The van der Waals surface area contributed by atoms with E-state index in [1.54, 1.807) is 12.1 Å². The van der Waals surface area contributed by atoms with E-state index in [1.165, 1.54) is 0 Å². The van der Waals surface area contributed by atoms with Gasteiger partial charge in [0.25, 0.3) is 0 Å². The first-order valence-electron chi connectivity index (χ1n) is 22.7. The van der Waals surface area contributed by atoms with E-state index in [9.17, 15) is 2.74 Å². The topological polar surface area (TPSA) is 13.1 Å². The van der Waals surface area contributed by atoms with E-state index in [0.29, 0.717) is 33.1 Å². The molecular weight excluding hydrogens is 593 g/mol. The molecule has 0 aliphatic carbocycles. The zero-order chi connectivity index (χ0) is 44.5. The third kappa shape index (κ3) is 4.47. The maximum atomic E-state index is 9.60. The number of furan rings is 1. The first-order chi connectivity index (χ1) is 30.1. The van der Waals surface area contributed by atoms with Gasteiger partial charge in [-0.05, 0) is 107 Å². The molecule has 10 rings (SSSR count). The van der Waals surface area contributed by atoms with Gasteiger partial charge in [0.1, 0.15) is 11.2 Å². The third-order valence-electron chi connectivity index (χ3n) is 9.07. The lowest BCUT2D eigenvalue weighted by Gasteiger charge is -2.18. The monoisotopic (exact) mass is 636 g/mol. The maximum Gasteiger partial charge on any atom is 0.136 e. The predicted octanol–water partition coefficient (Wildman–Crippen LogP) is 13.7. The van der Waals surface area contributed by atoms with E-state index >= 15 is 0 Å². The molecule has 228 valence electrons. The molecule has 0 radical (unpaired) electrons. The van der Waals surface area contributed by atoms with Crippen LogP contribution < -0.4 is 0 Å². The van der Waals surface area contributed by atoms with Gasteiger partial charge in [-0.3, -0.25) is 0 Å². The second kappa shape index (κ2) is 11.1. The van der Waals surface area contributed by atoms with Crippen LogP contribution in [0, 0.1) is 0 Å². The molecular formula is C48H30O. The molecule has 10 aromatic rings. The molecule has 0 aliphatic rings. The second-order valence-electron chi connectivity index (χ2n) is 11.8. The summed E-state index contributed by atoms with van der Waals surface area (Å²) in [6.07, 6.45) is 0. The summed E-state index contributed by atoms with van der Waals surface area (Å²) < 4.78 is 127. The van der Waals surface area contributed by atoms with Crippen molar-refractivity contribution in [2.45, 2.75) is 0 Å². The average molecular weight is 637 g/mol. The summed E-state index contributed by atoms with van der Waals surface area (Å²) in [5.41, 5.74) is 3.06. The van der Waals surface area contributed by atoms with E-state index in [4.69, 9.17) is 20.9 Å². The molecule has 0 fully saturated rings. The van der Waals surface area contributed by atoms with Gasteiger partial charge in [0.05, 0.1) is 19.2 Å². The normalized spacial score (nSPS) is 15.7. The van der Waals surface area contributed by atoms with Gasteiger partial charge >= 0.3 is 0 Å². The first-order valence-corrected chi connectivity index (χ1v) is 15.7. The molecule has 1 aromatic heterocycles. The first kappa shape index (κ1) is 17.1. The van der Waals surface area contributed by atoms with Crippen molar-refractivity contribution >= 4 is 54.3 Å². The van der Waals surface area contributed by atoms with Crippen LogP contribution >= 0.6 is 0 Å². The van der Waals surface area contributed by atoms with Crippen LogP contribution in [0.25, 0.3) is 98.8 Å². The SMILES string of the molecule is [2H]c1c([2H])c([2H])c(-c2ccc3cc4c(cc3c2)oc2cccc(-c3c5ccccc5c(-c5c([2H])c([2H])c([2H])c(-c6c([2H])c([2H])c([2H])c([2H])c6[2H])c5[2H])c5ccccc35)c24)c([2H])c1[2H]. The second-order valence-corrected chi connectivity index (χ2v) is 11.8. The molecule has 49 heavy (non-hydrogen) atoms. The summed E-state index contributed by atoms with van der Waals surface area (Å²) in [6.45, 7) is 0. The molecule has 1 heterocycles. The van der Waals surface area contributed by atoms with E-state index in [2.05, 4.69) is 0 Å². The Kier molecular flexibility index (Phi) is 3.87. The highest BCUT2D eigenvalue weighted by Gasteiger charge is 2.20. The molecule has 0 N–H and O–H groups in total. The lowest BCUT2D eigenvalue weighted by Crippen LogP contribution is -1.91. The molecule has 0 spiro atoms. The Morgan fingerprint density at radius 3 is 1.69 bits per heavy atom. The van der Waals surface area contributed by atoms with Crippen molar-refractivity contribution in [3.63, 3.8) is 0 Å². The van der Waals surface area contributed by atoms with Crippen LogP contribution in [0.5, 0.6) is 0 Å². The molecule has 0 unspecified atom stereocenters. The van der Waals surface area contributed by atoms with Crippen molar-refractivity contribution in [3.05, 3.63) is 182 Å². The summed E-state index contributed by atoms with van der Waals surface area (Å²) in [5, 5.41) is 5.89. The van der Waals surface area contributed by atoms with E-state index < -0.39 is 72.5 Å². The Morgan fingerprint density at radius 1 is 0.388 bits per heavy atom. The Balaban J connectivity index is 1.25. The van der Waals surface area contributed by atoms with Crippen LogP contribution in [0.4, 0.5) is 0 Å². The van der Waals surface area contributed by atoms with Gasteiger partial charge < -0.3 is 4.42 Å². The minimum absolute atomic E-state index is 0.0156. The van der Waals surface area contributed by atoms with Gasteiger partial charge in [-0.1, -0.05) is 151 Å². The summed E-state index contributed by atoms with van der Waals surface area (Å²) in [6, 6.07) is 23.0. The van der Waals surface area contributed by atoms with Crippen molar-refractivity contribution in [2.24, 2.45) is 0 Å². The van der Waals surface area contributed by atoms with Crippen LogP contribution in [0.1, 0.15) is 19.2 Å². The molecule has 1 heteroatoms. The Labute approximate surface area is 304 Å². The Bertz CT molecular complexity index is 3570. The predicted molar refractivity (Wildman–Crippen MR) is 208 cm³/mol. The number of fused-ring (bicyclic) bond motifs is 6. The Morgan fingerprint density at radius 2 is 1.00 bits per heavy atom. The van der Waals surface area contributed by atoms with Crippen molar-refractivity contribution in [1.82, 2.24) is 0 Å². The standard InChI is InChI=1S/C48H30O/c1-3-13-31(14-4-1)33-17-11-18-36(27-33)46-38-19-7-9-21-40(38)47(41-22-10-8-20-39(41)46)42-23-12-24-44-48(42)43-29-35-26-25-34(32-15-5-2-6-16-32)28-37(35)30-45(43)49-44/h1-30H/i1D,2D,3D,4D,5D,6D,11D,13D,14D,15D,16D,17D,18D,27D. The van der Waals surface area contributed by atoms with Crippen LogP contribution in [0.3, 0.4) is 0 Å². The number of benzene rings is 9. The minimum Gasteiger partial charge on any atom is -0.456 e. The van der Waals surface area contributed by atoms with Crippen LogP contribution in [-0.2, 0) is 0 Å². The van der Waals surface area contributed by atoms with Crippen molar-refractivity contribution in [2.75, 3.05) is 0 Å². The van der Waals surface area contributed by atoms with E-state index in [1.807, 2.05) is 84.9 Å². The Hall–Kier alpha value is -6.44. The highest BCUT2D eigenvalue weighted by atomic mass is 16.3. The van der Waals surface area contributed by atoms with Crippen LogP contribution in [0.2, 0.25) is 0 Å². The van der Waals surface area contributed by atoms with E-state index in [0.717, 1.165) is 43.4 Å². The van der Waals surface area contributed by atoms with Crippen molar-refractivity contribution in [3.8, 4) is 44.5 Å². The lowest BCUT2D eigenvalue weighted by molar-refractivity contribution is 0.669. The third-order valence-corrected chi connectivity index (χ3v) is 9.07. The van der Waals surface area contributed by atoms with Gasteiger partial charge in [0, 0.05) is 10.8 Å². The quantitative estimate of drug-likeness (QED) is 0.175. The zero-order valence-electron chi connectivity index (χ0n) is 39.6. The fourth-order valence-corrected chi connectivity index (χ4v) is 6.98. The van der Waals surface area contributed by atoms with Gasteiger partial charge in [-0.15, -0.1) is 0 Å². The summed E-state index contributed by atoms with van der Waals surface area (Å²) in [7, 11) is 0. The smallest absolute Gasteiger partial charge is 0.136 e. The molecule has 0 saturated heterocycles. The largest absolute Gasteiger partial charge is 0.456 e. The molecule has 0 bridgehead atoms. The summed E-state index contributed by atoms with van der Waals surface area (Å²) in [4.78, 5) is 0. The van der Waals surface area contributed by atoms with Crippen molar-refractivity contribution in [1.29, 1.82) is 0 Å². The highest BCUT2D eigenvalue weighted by molar-refractivity contribution is 6.26. The highest BCUT2D eigenvalue weighted by Crippen LogP contribution is 2.47. The van der Waals surface area contributed by atoms with Gasteiger partial charge in [0.2, 0.25) is 0 Å². The van der Waals surface area contributed by atoms with Crippen LogP contribution in [0.15, 0.2) is 186 Å². The molecule has 9 aromatic carbocycles. The number of hydrogen-bond donors (Lipinski definition) is 0. The lowest BCUT2D eigenvalue weighted by atomic mass is 9.84. The minimum atomic E-state index is -0.639. The zero-order valence-corrected chi connectivity index (χ0v) is 25.6. The van der Waals surface area contributed by atoms with Gasteiger partial charge in [-0.2, -0.15) is 0 Å². The molecule has 1 nitrogen and oxygen atoms in total. The van der Waals surface area contributed by atoms with Gasteiger partial charge in [-0.25, -0.2) is 0 Å². The fraction of sp³-hybridized carbons (Fsp3) is 0. The van der Waals surface area contributed by atoms with Crippen molar-refractivity contribution < 1.29 is 23.6 Å². The number of rotatable bonds is 4. The molecule has 0 amide bonds. The molecule has 0 saturated carbocycles. The van der Waals surface area contributed by atoms with E-state index in [-0.39, 0.29) is 34.3 Å². The number of hydrogen-bond acceptors (Lipinski definition) is 1.